The highest BCUT2D eigenvalue weighted by atomic mass is 79.9. The maximum atomic E-state index is 11.0. The number of ether oxygens (including phenoxy) is 1. The number of aryl methyl sites for hydroxylation is 1. The largest absolute Gasteiger partial charge is 0.733 e. The van der Waals surface area contributed by atoms with E-state index >= 15 is 0 Å². The zero-order chi connectivity index (χ0) is 15.6. The van der Waals surface area contributed by atoms with Crippen LogP contribution in [0.5, 0.6) is 5.88 Å². The molecule has 0 radical (unpaired) electrons. The summed E-state index contributed by atoms with van der Waals surface area (Å²) in [5, 5.41) is 19.8. The molecule has 0 bridgehead atoms. The summed E-state index contributed by atoms with van der Waals surface area (Å²) >= 11 is 3.35. The van der Waals surface area contributed by atoms with Gasteiger partial charge in [0, 0.05) is 0 Å². The van der Waals surface area contributed by atoms with Crippen LogP contribution in [-0.2, 0) is 0 Å². The molecule has 0 amide bonds. The summed E-state index contributed by atoms with van der Waals surface area (Å²) in [6.07, 6.45) is 4.60. The molecule has 1 aliphatic carbocycles. The summed E-state index contributed by atoms with van der Waals surface area (Å²) in [5.41, 5.74) is 0.569. The van der Waals surface area contributed by atoms with Gasteiger partial charge in [0.15, 0.2) is 0 Å². The molecule has 1 fully saturated rings. The van der Waals surface area contributed by atoms with Crippen LogP contribution in [0.2, 0.25) is 0 Å². The molecule has 0 spiro atoms. The number of aromatic nitrogens is 1. The average molecular weight is 358 g/mol. The van der Waals surface area contributed by atoms with E-state index in [-0.39, 0.29) is 17.0 Å². The van der Waals surface area contributed by atoms with E-state index in [0.29, 0.717) is 16.0 Å². The van der Waals surface area contributed by atoms with Crippen LogP contribution in [0.4, 0.5) is 5.69 Å². The zero-order valence-electron chi connectivity index (χ0n) is 12.7. The van der Waals surface area contributed by atoms with Crippen LogP contribution in [0, 0.1) is 24.0 Å². The minimum Gasteiger partial charge on any atom is -0.733 e. The summed E-state index contributed by atoms with van der Waals surface area (Å²) in [5.74, 6) is 2.00. The molecule has 0 atom stereocenters. The molecule has 21 heavy (non-hydrogen) atoms. The van der Waals surface area contributed by atoms with Crippen molar-refractivity contribution < 1.29 is 9.94 Å². The minimum atomic E-state index is -0.176. The van der Waals surface area contributed by atoms with Gasteiger partial charge in [-0.05, 0) is 66.4 Å². The number of rotatable bonds is 4. The van der Waals surface area contributed by atoms with E-state index in [1.165, 1.54) is 18.9 Å². The number of hydrogen-bond acceptors (Lipinski definition) is 5. The Morgan fingerprint density at radius 3 is 2.52 bits per heavy atom. The third-order valence-electron chi connectivity index (χ3n) is 4.25. The van der Waals surface area contributed by atoms with Crippen LogP contribution in [0.1, 0.15) is 45.2 Å². The second-order valence-electron chi connectivity index (χ2n) is 6.05. The van der Waals surface area contributed by atoms with Gasteiger partial charge in [-0.3, -0.25) is 5.21 Å². The minimum absolute atomic E-state index is 0.123. The average Bonchev–Trinajstić information content (AvgIpc) is 2.42. The Morgan fingerprint density at radius 1 is 1.38 bits per heavy atom. The highest BCUT2D eigenvalue weighted by molar-refractivity contribution is 9.10. The van der Waals surface area contributed by atoms with Crippen molar-refractivity contribution in [3.63, 3.8) is 0 Å². The lowest BCUT2D eigenvalue weighted by molar-refractivity contribution is 0.111. The Balaban J connectivity index is 2.03. The van der Waals surface area contributed by atoms with Gasteiger partial charge in [0.05, 0.1) is 15.9 Å². The number of anilines is 1. The van der Waals surface area contributed by atoms with Crippen molar-refractivity contribution in [1.82, 2.24) is 4.98 Å². The number of hydrogen-bond donors (Lipinski definition) is 1. The van der Waals surface area contributed by atoms with Crippen molar-refractivity contribution in [2.75, 3.05) is 5.23 Å². The predicted molar refractivity (Wildman–Crippen MR) is 85.5 cm³/mol. The first kappa shape index (κ1) is 16.5. The van der Waals surface area contributed by atoms with E-state index in [9.17, 15) is 5.21 Å². The number of nitrogens with zero attached hydrogens (tertiary/aromatic N) is 2. The summed E-state index contributed by atoms with van der Waals surface area (Å²) in [7, 11) is 0. The summed E-state index contributed by atoms with van der Waals surface area (Å²) in [4.78, 5) is 4.27. The topological polar surface area (TPSA) is 68.7 Å². The molecule has 0 unspecified atom stereocenters. The van der Waals surface area contributed by atoms with E-state index in [1.54, 1.807) is 6.92 Å². The molecule has 0 aromatic carbocycles. The normalized spacial score (nSPS) is 22.4. The van der Waals surface area contributed by atoms with E-state index < -0.39 is 0 Å². The fraction of sp³-hybridized carbons (Fsp3) is 0.667. The maximum Gasteiger partial charge on any atom is 0.228 e. The summed E-state index contributed by atoms with van der Waals surface area (Å²) < 4.78 is 6.56. The molecule has 5 nitrogen and oxygen atoms in total. The first-order chi connectivity index (χ1) is 9.88. The Hall–Kier alpha value is -0.850. The Bertz CT molecular complexity index is 486. The molecular weight excluding hydrogens is 336 g/mol. The van der Waals surface area contributed by atoms with Gasteiger partial charge in [-0.1, -0.05) is 13.8 Å². The highest BCUT2D eigenvalue weighted by Crippen LogP contribution is 2.35. The van der Waals surface area contributed by atoms with Gasteiger partial charge < -0.3 is 15.2 Å². The van der Waals surface area contributed by atoms with Crippen LogP contribution in [-0.4, -0.2) is 16.3 Å². The van der Waals surface area contributed by atoms with Crippen molar-refractivity contribution in [2.45, 2.75) is 52.6 Å². The van der Waals surface area contributed by atoms with Gasteiger partial charge in [0.1, 0.15) is 6.10 Å². The third-order valence-corrected chi connectivity index (χ3v) is 4.82. The predicted octanol–water partition coefficient (Wildman–Crippen LogP) is 4.44. The van der Waals surface area contributed by atoms with Crippen molar-refractivity contribution in [3.05, 3.63) is 21.4 Å². The van der Waals surface area contributed by atoms with E-state index in [0.717, 1.165) is 24.7 Å². The monoisotopic (exact) mass is 357 g/mol. The molecular formula is C15H22BrN2O3-. The van der Waals surface area contributed by atoms with Gasteiger partial charge in [0.2, 0.25) is 5.88 Å². The molecule has 2 rings (SSSR count). The molecule has 0 saturated heterocycles. The summed E-state index contributed by atoms with van der Waals surface area (Å²) in [6, 6.07) is 1.53. The first-order valence-corrected chi connectivity index (χ1v) is 8.17. The second-order valence-corrected chi connectivity index (χ2v) is 6.91. The molecule has 1 heterocycles. The molecule has 1 saturated carbocycles. The zero-order valence-corrected chi connectivity index (χ0v) is 14.3. The van der Waals surface area contributed by atoms with Crippen LogP contribution < -0.4 is 9.96 Å². The fourth-order valence-electron chi connectivity index (χ4n) is 2.86. The fourth-order valence-corrected chi connectivity index (χ4v) is 3.26. The molecule has 118 valence electrons. The SMILES string of the molecule is Cc1nc(OC2CCC(C(C)C)CC2)c(Br)cc1N([O-])O. The first-order valence-electron chi connectivity index (χ1n) is 7.38. The molecule has 6 heteroatoms. The van der Waals surface area contributed by atoms with Gasteiger partial charge in [-0.25, -0.2) is 4.98 Å². The Morgan fingerprint density at radius 2 is 2.00 bits per heavy atom. The lowest BCUT2D eigenvalue weighted by Gasteiger charge is -2.31. The molecule has 1 aromatic heterocycles. The highest BCUT2D eigenvalue weighted by Gasteiger charge is 2.25. The van der Waals surface area contributed by atoms with E-state index in [1.807, 2.05) is 0 Å². The van der Waals surface area contributed by atoms with Crippen LogP contribution >= 0.6 is 15.9 Å². The van der Waals surface area contributed by atoms with Gasteiger partial charge >= 0.3 is 0 Å². The second kappa shape index (κ2) is 6.94. The standard InChI is InChI=1S/C15H22BrN2O3/c1-9(2)11-4-6-12(7-5-11)21-15-13(16)8-14(18(19)20)10(3)17-15/h8-9,11-12,19H,4-7H2,1-3H3/q-1. The Labute approximate surface area is 134 Å². The lowest BCUT2D eigenvalue weighted by atomic mass is 9.80. The third kappa shape index (κ3) is 4.08. The van der Waals surface area contributed by atoms with E-state index in [2.05, 4.69) is 34.8 Å². The smallest absolute Gasteiger partial charge is 0.228 e. The van der Waals surface area contributed by atoms with Gasteiger partial charge in [-0.2, -0.15) is 0 Å². The summed E-state index contributed by atoms with van der Waals surface area (Å²) in [6.45, 7) is 6.22. The van der Waals surface area contributed by atoms with Crippen molar-refractivity contribution in [3.8, 4) is 5.88 Å². The molecule has 1 aromatic rings. The van der Waals surface area contributed by atoms with Gasteiger partial charge in [-0.15, -0.1) is 0 Å². The number of pyridine rings is 1. The molecule has 1 aliphatic rings. The quantitative estimate of drug-likeness (QED) is 0.806. The lowest BCUT2D eigenvalue weighted by Crippen LogP contribution is -2.26. The van der Waals surface area contributed by atoms with Crippen molar-refractivity contribution in [2.24, 2.45) is 11.8 Å². The van der Waals surface area contributed by atoms with Crippen LogP contribution in [0.15, 0.2) is 10.5 Å². The van der Waals surface area contributed by atoms with Gasteiger partial charge in [0.25, 0.3) is 0 Å². The molecule has 0 aliphatic heterocycles. The van der Waals surface area contributed by atoms with Crippen LogP contribution in [0.3, 0.4) is 0 Å². The van der Waals surface area contributed by atoms with Crippen molar-refractivity contribution >= 4 is 21.6 Å². The van der Waals surface area contributed by atoms with E-state index in [4.69, 9.17) is 9.94 Å². The number of halogens is 1. The maximum absolute atomic E-state index is 11.0. The van der Waals surface area contributed by atoms with Crippen LogP contribution in [0.25, 0.3) is 0 Å². The Kier molecular flexibility index (Phi) is 5.46. The van der Waals surface area contributed by atoms with Crippen molar-refractivity contribution in [1.29, 1.82) is 0 Å². The molecule has 1 N–H and O–H groups in total.